The van der Waals surface area contributed by atoms with Gasteiger partial charge in [-0.2, -0.15) is 23.7 Å². The quantitative estimate of drug-likeness (QED) is 0.705. The Bertz CT molecular complexity index is 1030. The molecule has 27 heavy (non-hydrogen) atoms. The molecule has 4 nitrogen and oxygen atoms in total. The lowest BCUT2D eigenvalue weighted by molar-refractivity contribution is -0.137. The van der Waals surface area contributed by atoms with Crippen molar-refractivity contribution in [1.29, 1.82) is 10.5 Å². The van der Waals surface area contributed by atoms with Crippen molar-refractivity contribution in [1.82, 2.24) is 0 Å². The van der Waals surface area contributed by atoms with Crippen molar-refractivity contribution in [3.05, 3.63) is 59.0 Å². The van der Waals surface area contributed by atoms with Crippen LogP contribution in [0.1, 0.15) is 31.1 Å². The maximum Gasteiger partial charge on any atom is 0.417 e. The van der Waals surface area contributed by atoms with E-state index in [9.17, 15) is 23.7 Å². The molecule has 1 aliphatic heterocycles. The molecular weight excluding hydrogens is 355 g/mol. The third-order valence-electron chi connectivity index (χ3n) is 4.52. The molecule has 1 aromatic heterocycles. The zero-order valence-electron chi connectivity index (χ0n) is 14.5. The third-order valence-corrected chi connectivity index (χ3v) is 4.52. The molecule has 0 aliphatic carbocycles. The van der Waals surface area contributed by atoms with Crippen molar-refractivity contribution in [3.63, 3.8) is 0 Å². The minimum atomic E-state index is -4.53. The van der Waals surface area contributed by atoms with Gasteiger partial charge in [0.05, 0.1) is 40.8 Å². The minimum Gasteiger partial charge on any atom is -0.460 e. The Balaban J connectivity index is 2.11. The topological polar surface area (TPSA) is 73.1 Å². The summed E-state index contributed by atoms with van der Waals surface area (Å²) in [5.74, 6) is -1.13. The van der Waals surface area contributed by atoms with Gasteiger partial charge in [0.2, 0.25) is 0 Å². The number of rotatable bonds is 2. The number of nitrogens with zero attached hydrogens (tertiary/aromatic N) is 3. The first kappa shape index (κ1) is 18.5. The van der Waals surface area contributed by atoms with Crippen molar-refractivity contribution in [2.45, 2.75) is 25.9 Å². The van der Waals surface area contributed by atoms with Gasteiger partial charge in [0.25, 0.3) is 0 Å². The zero-order valence-corrected chi connectivity index (χ0v) is 14.5. The highest BCUT2D eigenvalue weighted by molar-refractivity contribution is 5.90. The monoisotopic (exact) mass is 369 g/mol. The number of alkyl halides is 3. The van der Waals surface area contributed by atoms with E-state index in [0.717, 1.165) is 6.07 Å². The van der Waals surface area contributed by atoms with E-state index in [2.05, 4.69) is 17.1 Å². The van der Waals surface area contributed by atoms with E-state index in [0.29, 0.717) is 11.4 Å². The number of hydrogen-bond donors (Lipinski definition) is 0. The molecule has 7 heteroatoms. The first-order valence-corrected chi connectivity index (χ1v) is 8.10. The van der Waals surface area contributed by atoms with Gasteiger partial charge in [-0.1, -0.05) is 18.2 Å². The highest BCUT2D eigenvalue weighted by Crippen LogP contribution is 2.42. The second-order valence-electron chi connectivity index (χ2n) is 6.19. The lowest BCUT2D eigenvalue weighted by Crippen LogP contribution is -2.24. The van der Waals surface area contributed by atoms with Gasteiger partial charge in [-0.3, -0.25) is 4.99 Å². The molecule has 3 rings (SSSR count). The molecule has 136 valence electrons. The van der Waals surface area contributed by atoms with Crippen LogP contribution in [0.5, 0.6) is 0 Å². The van der Waals surface area contributed by atoms with Gasteiger partial charge >= 0.3 is 6.18 Å². The summed E-state index contributed by atoms with van der Waals surface area (Å²) in [7, 11) is 0. The molecule has 2 atom stereocenters. The van der Waals surface area contributed by atoms with Gasteiger partial charge in [0, 0.05) is 11.3 Å². The van der Waals surface area contributed by atoms with Crippen molar-refractivity contribution >= 4 is 5.71 Å². The van der Waals surface area contributed by atoms with Gasteiger partial charge in [-0.05, 0) is 32.0 Å². The van der Waals surface area contributed by atoms with E-state index in [1.165, 1.54) is 30.3 Å². The van der Waals surface area contributed by atoms with Crippen LogP contribution in [0.15, 0.2) is 57.1 Å². The van der Waals surface area contributed by atoms with Gasteiger partial charge < -0.3 is 4.42 Å². The molecule has 0 radical (unpaired) electrons. The fourth-order valence-electron chi connectivity index (χ4n) is 3.26. The van der Waals surface area contributed by atoms with Crippen LogP contribution >= 0.6 is 0 Å². The van der Waals surface area contributed by atoms with Gasteiger partial charge in [-0.25, -0.2) is 0 Å². The summed E-state index contributed by atoms with van der Waals surface area (Å²) in [4.78, 5) is 4.24. The van der Waals surface area contributed by atoms with Crippen molar-refractivity contribution < 1.29 is 17.6 Å². The predicted molar refractivity (Wildman–Crippen MR) is 92.4 cm³/mol. The van der Waals surface area contributed by atoms with Gasteiger partial charge in [-0.15, -0.1) is 0 Å². The summed E-state index contributed by atoms with van der Waals surface area (Å²) < 4.78 is 45.6. The highest BCUT2D eigenvalue weighted by Gasteiger charge is 2.37. The first-order valence-electron chi connectivity index (χ1n) is 8.10. The molecule has 1 aliphatic rings. The molecule has 0 saturated heterocycles. The van der Waals surface area contributed by atoms with E-state index >= 15 is 0 Å². The summed E-state index contributed by atoms with van der Waals surface area (Å²) >= 11 is 0. The molecule has 2 aromatic rings. The van der Waals surface area contributed by atoms with Crippen LogP contribution in [0.3, 0.4) is 0 Å². The van der Waals surface area contributed by atoms with Crippen LogP contribution < -0.4 is 0 Å². The number of nitriles is 2. The van der Waals surface area contributed by atoms with Crippen molar-refractivity contribution in [2.24, 2.45) is 10.9 Å². The second kappa shape index (κ2) is 6.77. The zero-order chi connectivity index (χ0) is 19.8. The minimum absolute atomic E-state index is 0.0322. The Morgan fingerprint density at radius 1 is 1.07 bits per heavy atom. The van der Waals surface area contributed by atoms with Crippen molar-refractivity contribution in [3.8, 4) is 23.5 Å². The predicted octanol–water partition coefficient (Wildman–Crippen LogP) is 5.46. The third kappa shape index (κ3) is 3.24. The Hall–Kier alpha value is -3.32. The number of hydrogen-bond acceptors (Lipinski definition) is 4. The SMILES string of the molecule is CC1=NC(C)=C(C#N)[C@@H](c2ccc(-c3ccccc3C(F)(F)F)o2)C1C#N. The molecule has 0 N–H and O–H groups in total. The van der Waals surface area contributed by atoms with Gasteiger partial charge in [0.15, 0.2) is 0 Å². The average molecular weight is 369 g/mol. The molecular formula is C20H14F3N3O. The van der Waals surface area contributed by atoms with Crippen LogP contribution in [-0.4, -0.2) is 5.71 Å². The Morgan fingerprint density at radius 3 is 2.41 bits per heavy atom. The van der Waals surface area contributed by atoms with Crippen LogP contribution in [0.2, 0.25) is 0 Å². The van der Waals surface area contributed by atoms with Crippen molar-refractivity contribution in [2.75, 3.05) is 0 Å². The maximum absolute atomic E-state index is 13.3. The molecule has 0 fully saturated rings. The summed E-state index contributed by atoms with van der Waals surface area (Å²) in [6.07, 6.45) is -4.53. The Morgan fingerprint density at radius 2 is 1.78 bits per heavy atom. The number of allylic oxidation sites excluding steroid dienone is 2. The summed E-state index contributed by atoms with van der Waals surface area (Å²) in [5, 5.41) is 19.0. The Kier molecular flexibility index (Phi) is 4.63. The average Bonchev–Trinajstić information content (AvgIpc) is 3.10. The molecule has 2 heterocycles. The number of aliphatic imine (C=N–C) groups is 1. The molecule has 1 unspecified atom stereocenters. The van der Waals surface area contributed by atoms with Crippen LogP contribution in [0, 0.1) is 28.6 Å². The maximum atomic E-state index is 13.3. The summed E-state index contributed by atoms with van der Waals surface area (Å²) in [6, 6.07) is 12.2. The lowest BCUT2D eigenvalue weighted by Gasteiger charge is -2.24. The number of halogens is 3. The van der Waals surface area contributed by atoms with E-state index < -0.39 is 23.6 Å². The summed E-state index contributed by atoms with van der Waals surface area (Å²) in [6.45, 7) is 3.34. The van der Waals surface area contributed by atoms with E-state index in [1.54, 1.807) is 13.8 Å². The smallest absolute Gasteiger partial charge is 0.417 e. The van der Waals surface area contributed by atoms with Crippen LogP contribution in [0.4, 0.5) is 13.2 Å². The largest absolute Gasteiger partial charge is 0.460 e. The van der Waals surface area contributed by atoms with Gasteiger partial charge in [0.1, 0.15) is 11.5 Å². The molecule has 0 spiro atoms. The second-order valence-corrected chi connectivity index (χ2v) is 6.19. The molecule has 0 bridgehead atoms. The molecule has 1 aromatic carbocycles. The highest BCUT2D eigenvalue weighted by atomic mass is 19.4. The van der Waals surface area contributed by atoms with E-state index in [4.69, 9.17) is 4.42 Å². The first-order chi connectivity index (χ1) is 12.8. The molecule has 0 amide bonds. The lowest BCUT2D eigenvalue weighted by atomic mass is 9.80. The van der Waals surface area contributed by atoms with Crippen LogP contribution in [-0.2, 0) is 6.18 Å². The summed E-state index contributed by atoms with van der Waals surface area (Å²) in [5.41, 5.74) is 0.381. The molecule has 0 saturated carbocycles. The standard InChI is InChI=1S/C20H14F3N3O/c1-11-14(9-24)19(15(10-25)12(2)26-11)18-8-7-17(27-18)13-5-3-4-6-16(13)20(21,22)23/h3-8,14,19H,1-2H3/t14?,19-/m0/s1. The fraction of sp³-hybridized carbons (Fsp3) is 0.250. The number of furan rings is 1. The Labute approximate surface area is 153 Å². The fourth-order valence-corrected chi connectivity index (χ4v) is 3.26. The normalized spacial score (nSPS) is 20.0. The number of benzene rings is 1. The van der Waals surface area contributed by atoms with E-state index in [1.807, 2.05) is 0 Å². The van der Waals surface area contributed by atoms with E-state index in [-0.39, 0.29) is 22.7 Å². The van der Waals surface area contributed by atoms with Crippen LogP contribution in [0.25, 0.3) is 11.3 Å².